The summed E-state index contributed by atoms with van der Waals surface area (Å²) in [5.41, 5.74) is 5.63. The molecule has 1 aliphatic rings. The molecule has 0 radical (unpaired) electrons. The Balaban J connectivity index is 1.09. The van der Waals surface area contributed by atoms with Crippen LogP contribution in [0.5, 0.6) is 0 Å². The van der Waals surface area contributed by atoms with Gasteiger partial charge in [-0.05, 0) is 51.1 Å². The van der Waals surface area contributed by atoms with E-state index >= 15 is 0 Å². The fraction of sp³-hybridized carbons (Fsp3) is 0.459. The Hall–Kier alpha value is -4.64. The van der Waals surface area contributed by atoms with E-state index in [2.05, 4.69) is 69.3 Å². The number of nitrogens with one attached hydrogen (secondary N) is 3. The zero-order chi connectivity index (χ0) is 34.6. The molecule has 0 spiro atoms. The van der Waals surface area contributed by atoms with Crippen LogP contribution in [0.1, 0.15) is 70.5 Å². The number of rotatable bonds is 8. The minimum atomic E-state index is -0.260. The Morgan fingerprint density at radius 1 is 0.688 bits per heavy atom. The number of hydrogen-bond donors (Lipinski definition) is 3. The van der Waals surface area contributed by atoms with E-state index < -0.39 is 0 Å². The van der Waals surface area contributed by atoms with Gasteiger partial charge in [0, 0.05) is 55.7 Å². The molecule has 3 N–H and O–H groups in total. The van der Waals surface area contributed by atoms with Crippen molar-refractivity contribution in [3.8, 4) is 11.4 Å². The molecule has 3 heterocycles. The van der Waals surface area contributed by atoms with Gasteiger partial charge in [0.05, 0.1) is 22.8 Å². The third kappa shape index (κ3) is 8.63. The molecule has 4 amide bonds. The number of amides is 4. The van der Waals surface area contributed by atoms with Gasteiger partial charge in [0.25, 0.3) is 0 Å². The summed E-state index contributed by atoms with van der Waals surface area (Å²) in [4.78, 5) is 30.4. The van der Waals surface area contributed by atoms with Crippen LogP contribution in [-0.2, 0) is 10.8 Å². The second-order valence-corrected chi connectivity index (χ2v) is 14.8. The smallest absolute Gasteiger partial charge is 0.323 e. The van der Waals surface area contributed by atoms with Crippen molar-refractivity contribution in [3.05, 3.63) is 83.2 Å². The van der Waals surface area contributed by atoms with Crippen molar-refractivity contribution in [3.63, 3.8) is 0 Å². The molecule has 11 nitrogen and oxygen atoms in total. The molecule has 2 aromatic heterocycles. The summed E-state index contributed by atoms with van der Waals surface area (Å²) in [6.07, 6.45) is 0.801. The monoisotopic (exact) mass is 653 g/mol. The van der Waals surface area contributed by atoms with Gasteiger partial charge in [-0.25, -0.2) is 19.0 Å². The minimum Gasteiger partial charge on any atom is -0.338 e. The third-order valence-electron chi connectivity index (χ3n) is 8.59. The average Bonchev–Trinajstić information content (AvgIpc) is 3.65. The number of carbonyl (C=O) groups excluding carboxylic acids is 2. The van der Waals surface area contributed by atoms with E-state index in [1.165, 1.54) is 5.56 Å². The number of hydrogen-bond acceptors (Lipinski definition) is 5. The van der Waals surface area contributed by atoms with Crippen LogP contribution in [0.4, 0.5) is 21.2 Å². The van der Waals surface area contributed by atoms with Crippen molar-refractivity contribution < 1.29 is 9.59 Å². The fourth-order valence-electron chi connectivity index (χ4n) is 5.47. The Morgan fingerprint density at radius 2 is 1.15 bits per heavy atom. The molecule has 0 atom stereocenters. The summed E-state index contributed by atoms with van der Waals surface area (Å²) in [7, 11) is 0. The highest BCUT2D eigenvalue weighted by molar-refractivity contribution is 5.89. The predicted octanol–water partition coefficient (Wildman–Crippen LogP) is 6.63. The predicted molar refractivity (Wildman–Crippen MR) is 193 cm³/mol. The van der Waals surface area contributed by atoms with Gasteiger partial charge in [-0.2, -0.15) is 10.2 Å². The maximum Gasteiger partial charge on any atom is 0.323 e. The number of nitrogens with zero attached hydrogens (tertiary/aromatic N) is 6. The normalized spacial score (nSPS) is 14.2. The van der Waals surface area contributed by atoms with Crippen molar-refractivity contribution in [1.29, 1.82) is 0 Å². The number of urea groups is 2. The van der Waals surface area contributed by atoms with E-state index in [0.717, 1.165) is 54.4 Å². The Labute approximate surface area is 284 Å². The highest BCUT2D eigenvalue weighted by Gasteiger charge is 2.25. The first-order valence-electron chi connectivity index (χ1n) is 16.9. The van der Waals surface area contributed by atoms with Crippen molar-refractivity contribution in [2.45, 2.75) is 72.6 Å². The maximum absolute atomic E-state index is 13.3. The van der Waals surface area contributed by atoms with Crippen LogP contribution in [0.2, 0.25) is 0 Å². The van der Waals surface area contributed by atoms with Gasteiger partial charge in [0.15, 0.2) is 0 Å². The lowest BCUT2D eigenvalue weighted by Gasteiger charge is -2.34. The molecule has 48 heavy (non-hydrogen) atoms. The first-order chi connectivity index (χ1) is 22.7. The lowest BCUT2D eigenvalue weighted by Crippen LogP contribution is -2.50. The van der Waals surface area contributed by atoms with E-state index in [9.17, 15) is 9.59 Å². The number of aromatic nitrogens is 4. The summed E-state index contributed by atoms with van der Waals surface area (Å²) < 4.78 is 3.60. The van der Waals surface area contributed by atoms with Crippen LogP contribution >= 0.6 is 0 Å². The van der Waals surface area contributed by atoms with E-state index in [0.29, 0.717) is 31.3 Å². The average molecular weight is 654 g/mol. The van der Waals surface area contributed by atoms with Crippen LogP contribution in [-0.4, -0.2) is 80.7 Å². The van der Waals surface area contributed by atoms with Crippen LogP contribution in [0.15, 0.2) is 60.7 Å². The third-order valence-corrected chi connectivity index (χ3v) is 8.59. The molecule has 0 aliphatic carbocycles. The van der Waals surface area contributed by atoms with Crippen molar-refractivity contribution >= 4 is 23.7 Å². The molecule has 2 aromatic carbocycles. The van der Waals surface area contributed by atoms with Gasteiger partial charge in [-0.15, -0.1) is 0 Å². The summed E-state index contributed by atoms with van der Waals surface area (Å²) in [6, 6.07) is 19.7. The number of piperazine rings is 1. The molecule has 4 aromatic rings. The fourth-order valence-corrected chi connectivity index (χ4v) is 5.47. The molecular formula is C37H51N9O2. The van der Waals surface area contributed by atoms with E-state index in [-0.39, 0.29) is 22.9 Å². The first-order valence-corrected chi connectivity index (χ1v) is 16.9. The highest BCUT2D eigenvalue weighted by Crippen LogP contribution is 2.28. The second-order valence-electron chi connectivity index (χ2n) is 14.8. The van der Waals surface area contributed by atoms with Crippen molar-refractivity contribution in [2.24, 2.45) is 0 Å². The first kappa shape index (κ1) is 34.7. The number of aryl methyl sites for hydroxylation is 2. The van der Waals surface area contributed by atoms with Crippen LogP contribution in [0.25, 0.3) is 11.4 Å². The second kappa shape index (κ2) is 14.2. The lowest BCUT2D eigenvalue weighted by molar-refractivity contribution is 0.146. The maximum atomic E-state index is 13.3. The quantitative estimate of drug-likeness (QED) is 0.185. The van der Waals surface area contributed by atoms with E-state index in [1.807, 2.05) is 77.2 Å². The Morgan fingerprint density at radius 3 is 1.60 bits per heavy atom. The topological polar surface area (TPSA) is 112 Å². The number of carbonyl (C=O) groups is 2. The molecule has 5 rings (SSSR count). The lowest BCUT2D eigenvalue weighted by atomic mass is 9.92. The van der Waals surface area contributed by atoms with Gasteiger partial charge in [-0.1, -0.05) is 76.9 Å². The molecule has 256 valence electrons. The molecule has 0 saturated carbocycles. The molecule has 0 unspecified atom stereocenters. The molecule has 0 bridgehead atoms. The number of benzene rings is 2. The highest BCUT2D eigenvalue weighted by atomic mass is 16.2. The zero-order valence-corrected chi connectivity index (χ0v) is 29.7. The molecule has 11 heteroatoms. The van der Waals surface area contributed by atoms with Crippen LogP contribution in [0, 0.1) is 13.8 Å². The van der Waals surface area contributed by atoms with Gasteiger partial charge in [0.1, 0.15) is 11.6 Å². The van der Waals surface area contributed by atoms with Gasteiger partial charge < -0.3 is 10.2 Å². The molecular weight excluding hydrogens is 602 g/mol. The largest absolute Gasteiger partial charge is 0.338 e. The summed E-state index contributed by atoms with van der Waals surface area (Å²) in [5, 5.41) is 18.7. The number of anilines is 2. The Kier molecular flexibility index (Phi) is 10.3. The van der Waals surface area contributed by atoms with Crippen LogP contribution < -0.4 is 16.0 Å². The van der Waals surface area contributed by atoms with E-state index in [1.54, 1.807) is 4.68 Å². The van der Waals surface area contributed by atoms with Crippen molar-refractivity contribution in [1.82, 2.24) is 34.7 Å². The Bertz CT molecular complexity index is 1700. The molecule has 1 saturated heterocycles. The van der Waals surface area contributed by atoms with E-state index in [4.69, 9.17) is 10.2 Å². The summed E-state index contributed by atoms with van der Waals surface area (Å²) in [6.45, 7) is 20.9. The molecule has 1 aliphatic heterocycles. The minimum absolute atomic E-state index is 0.124. The SMILES string of the molecule is Cc1ccc(-n2nc(C(C)(C)C)cc2NC(=O)NCCCN2CCN(C(=O)Nc3cc(C(C)(C)C)nn3-c3ccc(C)cc3)CC2)cc1. The van der Waals surface area contributed by atoms with Gasteiger partial charge in [-0.3, -0.25) is 15.5 Å². The van der Waals surface area contributed by atoms with Gasteiger partial charge in [0.2, 0.25) is 0 Å². The zero-order valence-electron chi connectivity index (χ0n) is 29.7. The van der Waals surface area contributed by atoms with Crippen molar-refractivity contribution in [2.75, 3.05) is 49.9 Å². The summed E-state index contributed by atoms with van der Waals surface area (Å²) in [5.74, 6) is 1.30. The van der Waals surface area contributed by atoms with Crippen LogP contribution in [0.3, 0.4) is 0 Å². The summed E-state index contributed by atoms with van der Waals surface area (Å²) >= 11 is 0. The standard InChI is InChI=1S/C37H51N9O2/c1-26-10-14-28(15-11-26)45-32(24-30(41-45)36(3,4)5)39-34(47)38-18-9-19-43-20-22-44(23-21-43)35(48)40-33-25-31(37(6,7)8)42-46(33)29-16-12-27(2)13-17-29/h10-17,24-25H,9,18-23H2,1-8H3,(H,40,48)(H2,38,39,47). The van der Waals surface area contributed by atoms with Gasteiger partial charge >= 0.3 is 12.1 Å². The molecule has 1 fully saturated rings.